The number of carbonyl (C=O) groups is 1. The number of Topliss-reactive ketones (excluding diaryl/α,β-unsaturated/α-hetero) is 1. The Labute approximate surface area is 112 Å². The van der Waals surface area contributed by atoms with Gasteiger partial charge < -0.3 is 0 Å². The standard InChI is InChI=1S/C17H26O/c1-3-5-7-11-15(10-4-2)14-17(18)16-12-8-6-9-13-16/h6,8-9,12-13,15H,3-5,7,10-11,14H2,1-2H3. The molecule has 0 aromatic heterocycles. The summed E-state index contributed by atoms with van der Waals surface area (Å²) in [6.45, 7) is 4.43. The van der Waals surface area contributed by atoms with Crippen molar-refractivity contribution in [3.05, 3.63) is 35.9 Å². The Kier molecular flexibility index (Phi) is 7.40. The monoisotopic (exact) mass is 246 g/mol. The maximum atomic E-state index is 12.2. The summed E-state index contributed by atoms with van der Waals surface area (Å²) in [6.07, 6.45) is 8.11. The molecule has 0 saturated carbocycles. The Morgan fingerprint density at radius 3 is 2.33 bits per heavy atom. The third-order valence-electron chi connectivity index (χ3n) is 3.48. The van der Waals surface area contributed by atoms with Crippen LogP contribution in [-0.4, -0.2) is 5.78 Å². The van der Waals surface area contributed by atoms with Crippen LogP contribution in [0.2, 0.25) is 0 Å². The van der Waals surface area contributed by atoms with Gasteiger partial charge in [-0.15, -0.1) is 0 Å². The van der Waals surface area contributed by atoms with Gasteiger partial charge in [-0.2, -0.15) is 0 Å². The molecule has 1 aromatic carbocycles. The number of ketones is 1. The van der Waals surface area contributed by atoms with Crippen molar-refractivity contribution >= 4 is 5.78 Å². The average Bonchev–Trinajstić information content (AvgIpc) is 2.40. The molecule has 1 aromatic rings. The van der Waals surface area contributed by atoms with E-state index in [9.17, 15) is 4.79 Å². The molecule has 1 rings (SSSR count). The van der Waals surface area contributed by atoms with Gasteiger partial charge in [-0.1, -0.05) is 82.7 Å². The van der Waals surface area contributed by atoms with E-state index in [2.05, 4.69) is 13.8 Å². The quantitative estimate of drug-likeness (QED) is 0.429. The average molecular weight is 246 g/mol. The molecule has 0 radical (unpaired) electrons. The van der Waals surface area contributed by atoms with E-state index in [0.29, 0.717) is 11.7 Å². The van der Waals surface area contributed by atoms with Crippen LogP contribution in [0.5, 0.6) is 0 Å². The molecule has 0 bridgehead atoms. The molecule has 0 aliphatic carbocycles. The molecule has 0 heterocycles. The minimum Gasteiger partial charge on any atom is -0.294 e. The largest absolute Gasteiger partial charge is 0.294 e. The van der Waals surface area contributed by atoms with Crippen LogP contribution in [-0.2, 0) is 0 Å². The predicted octanol–water partition coefficient (Wildman–Crippen LogP) is 5.26. The highest BCUT2D eigenvalue weighted by Gasteiger charge is 2.14. The molecule has 1 nitrogen and oxygen atoms in total. The van der Waals surface area contributed by atoms with Gasteiger partial charge in [0.25, 0.3) is 0 Å². The van der Waals surface area contributed by atoms with Gasteiger partial charge in [0.15, 0.2) is 5.78 Å². The van der Waals surface area contributed by atoms with E-state index in [4.69, 9.17) is 0 Å². The van der Waals surface area contributed by atoms with Crippen LogP contribution in [0.1, 0.15) is 69.2 Å². The van der Waals surface area contributed by atoms with Gasteiger partial charge in [0.05, 0.1) is 0 Å². The number of carbonyl (C=O) groups excluding carboxylic acids is 1. The van der Waals surface area contributed by atoms with E-state index in [1.165, 1.54) is 38.5 Å². The molecule has 0 N–H and O–H groups in total. The Bertz CT molecular complexity index is 329. The van der Waals surface area contributed by atoms with Crippen molar-refractivity contribution in [1.29, 1.82) is 0 Å². The zero-order chi connectivity index (χ0) is 13.2. The first-order valence-corrected chi connectivity index (χ1v) is 7.36. The molecule has 18 heavy (non-hydrogen) atoms. The maximum absolute atomic E-state index is 12.2. The normalized spacial score (nSPS) is 12.3. The van der Waals surface area contributed by atoms with Gasteiger partial charge >= 0.3 is 0 Å². The summed E-state index contributed by atoms with van der Waals surface area (Å²) in [7, 11) is 0. The van der Waals surface area contributed by atoms with Crippen molar-refractivity contribution in [3.63, 3.8) is 0 Å². The van der Waals surface area contributed by atoms with E-state index >= 15 is 0 Å². The van der Waals surface area contributed by atoms with Gasteiger partial charge in [0.1, 0.15) is 0 Å². The minimum atomic E-state index is 0.311. The molecule has 0 aliphatic rings. The summed E-state index contributed by atoms with van der Waals surface area (Å²) in [6, 6.07) is 9.70. The lowest BCUT2D eigenvalue weighted by atomic mass is 9.90. The van der Waals surface area contributed by atoms with Crippen LogP contribution in [0.3, 0.4) is 0 Å². The van der Waals surface area contributed by atoms with Gasteiger partial charge in [-0.05, 0) is 5.92 Å². The first-order chi connectivity index (χ1) is 8.77. The highest BCUT2D eigenvalue weighted by atomic mass is 16.1. The highest BCUT2D eigenvalue weighted by Crippen LogP contribution is 2.21. The summed E-state index contributed by atoms with van der Waals surface area (Å²) in [5, 5.41) is 0. The third kappa shape index (κ3) is 5.48. The molecule has 0 saturated heterocycles. The number of benzene rings is 1. The summed E-state index contributed by atoms with van der Waals surface area (Å²) in [5.41, 5.74) is 0.870. The molecule has 100 valence electrons. The van der Waals surface area contributed by atoms with Crippen molar-refractivity contribution in [2.75, 3.05) is 0 Å². The summed E-state index contributed by atoms with van der Waals surface area (Å²) >= 11 is 0. The smallest absolute Gasteiger partial charge is 0.163 e. The lowest BCUT2D eigenvalue weighted by Crippen LogP contribution is -2.09. The number of rotatable bonds is 9. The maximum Gasteiger partial charge on any atom is 0.163 e. The molecular weight excluding hydrogens is 220 g/mol. The van der Waals surface area contributed by atoms with E-state index in [1.54, 1.807) is 0 Å². The zero-order valence-corrected chi connectivity index (χ0v) is 11.8. The molecule has 0 spiro atoms. The molecule has 1 unspecified atom stereocenters. The summed E-state index contributed by atoms with van der Waals surface area (Å²) in [4.78, 5) is 12.2. The minimum absolute atomic E-state index is 0.311. The number of hydrogen-bond acceptors (Lipinski definition) is 1. The number of unbranched alkanes of at least 4 members (excludes halogenated alkanes) is 2. The Balaban J connectivity index is 2.47. The van der Waals surface area contributed by atoms with Crippen LogP contribution in [0.25, 0.3) is 0 Å². The van der Waals surface area contributed by atoms with Gasteiger partial charge in [0.2, 0.25) is 0 Å². The predicted molar refractivity (Wildman–Crippen MR) is 77.9 cm³/mol. The second-order valence-corrected chi connectivity index (χ2v) is 5.14. The first kappa shape index (κ1) is 14.9. The van der Waals surface area contributed by atoms with Gasteiger partial charge in [-0.3, -0.25) is 4.79 Å². The van der Waals surface area contributed by atoms with Crippen molar-refractivity contribution < 1.29 is 4.79 Å². The summed E-state index contributed by atoms with van der Waals surface area (Å²) < 4.78 is 0. The Morgan fingerprint density at radius 1 is 1.00 bits per heavy atom. The Morgan fingerprint density at radius 2 is 1.72 bits per heavy atom. The van der Waals surface area contributed by atoms with Crippen LogP contribution in [0.15, 0.2) is 30.3 Å². The van der Waals surface area contributed by atoms with Crippen molar-refractivity contribution in [2.45, 2.75) is 58.8 Å². The van der Waals surface area contributed by atoms with Gasteiger partial charge in [0, 0.05) is 12.0 Å². The van der Waals surface area contributed by atoms with Crippen LogP contribution in [0.4, 0.5) is 0 Å². The van der Waals surface area contributed by atoms with Crippen LogP contribution >= 0.6 is 0 Å². The molecule has 0 fully saturated rings. The number of hydrogen-bond donors (Lipinski definition) is 0. The Hall–Kier alpha value is -1.11. The molecule has 1 heteroatoms. The van der Waals surface area contributed by atoms with Crippen molar-refractivity contribution in [2.24, 2.45) is 5.92 Å². The van der Waals surface area contributed by atoms with Crippen LogP contribution < -0.4 is 0 Å². The molecule has 0 aliphatic heterocycles. The zero-order valence-electron chi connectivity index (χ0n) is 11.8. The van der Waals surface area contributed by atoms with Crippen molar-refractivity contribution in [3.8, 4) is 0 Å². The van der Waals surface area contributed by atoms with Crippen LogP contribution in [0, 0.1) is 5.92 Å². The molecule has 0 amide bonds. The van der Waals surface area contributed by atoms with Gasteiger partial charge in [-0.25, -0.2) is 0 Å². The lowest BCUT2D eigenvalue weighted by molar-refractivity contribution is 0.0955. The topological polar surface area (TPSA) is 17.1 Å². The van der Waals surface area contributed by atoms with Crippen molar-refractivity contribution in [1.82, 2.24) is 0 Å². The van der Waals surface area contributed by atoms with E-state index in [-0.39, 0.29) is 0 Å². The van der Waals surface area contributed by atoms with E-state index in [0.717, 1.165) is 12.0 Å². The fraction of sp³-hybridized carbons (Fsp3) is 0.588. The molecule has 1 atom stereocenters. The highest BCUT2D eigenvalue weighted by molar-refractivity contribution is 5.96. The fourth-order valence-electron chi connectivity index (χ4n) is 2.44. The van der Waals surface area contributed by atoms with E-state index < -0.39 is 0 Å². The van der Waals surface area contributed by atoms with E-state index in [1.807, 2.05) is 30.3 Å². The second kappa shape index (κ2) is 8.91. The SMILES string of the molecule is CCCCCC(CCC)CC(=O)c1ccccc1. The first-order valence-electron chi connectivity index (χ1n) is 7.36. The fourth-order valence-corrected chi connectivity index (χ4v) is 2.44. The summed E-state index contributed by atoms with van der Waals surface area (Å²) in [5.74, 6) is 0.889. The molecular formula is C17H26O. The second-order valence-electron chi connectivity index (χ2n) is 5.14. The lowest BCUT2D eigenvalue weighted by Gasteiger charge is -2.15. The third-order valence-corrected chi connectivity index (χ3v) is 3.48.